The van der Waals surface area contributed by atoms with Crippen LogP contribution in [0.5, 0.6) is 0 Å². The van der Waals surface area contributed by atoms with Gasteiger partial charge in [0.2, 0.25) is 5.91 Å². The van der Waals surface area contributed by atoms with Crippen LogP contribution >= 0.6 is 11.8 Å². The van der Waals surface area contributed by atoms with Gasteiger partial charge in [0.15, 0.2) is 0 Å². The molecule has 0 radical (unpaired) electrons. The molecule has 1 saturated heterocycles. The molecular formula is C15H17NO3S. The van der Waals surface area contributed by atoms with Crippen molar-refractivity contribution in [1.29, 1.82) is 0 Å². The summed E-state index contributed by atoms with van der Waals surface area (Å²) in [4.78, 5) is 25.1. The predicted molar refractivity (Wildman–Crippen MR) is 78.9 cm³/mol. The molecule has 0 aliphatic carbocycles. The van der Waals surface area contributed by atoms with Crippen LogP contribution in [-0.2, 0) is 20.9 Å². The number of rotatable bonds is 4. The minimum atomic E-state index is -0.403. The molecule has 5 heteroatoms. The van der Waals surface area contributed by atoms with E-state index < -0.39 is 5.97 Å². The number of hydrogen-bond donors (Lipinski definition) is 0. The van der Waals surface area contributed by atoms with Crippen LogP contribution in [0.1, 0.15) is 18.1 Å². The summed E-state index contributed by atoms with van der Waals surface area (Å²) in [7, 11) is 0. The van der Waals surface area contributed by atoms with Gasteiger partial charge in [-0.2, -0.15) is 0 Å². The molecule has 0 unspecified atom stereocenters. The molecule has 4 nitrogen and oxygen atoms in total. The molecule has 1 fully saturated rings. The summed E-state index contributed by atoms with van der Waals surface area (Å²) in [5, 5.41) is 0.664. The van der Waals surface area contributed by atoms with Crippen LogP contribution in [-0.4, -0.2) is 29.1 Å². The molecule has 1 aliphatic heterocycles. The molecule has 0 spiro atoms. The smallest absolute Gasteiger partial charge is 0.333 e. The number of thioether (sulfide) groups is 1. The lowest BCUT2D eigenvalue weighted by Gasteiger charge is -2.18. The second-order valence-corrected chi connectivity index (χ2v) is 5.43. The number of amides is 1. The normalized spacial score (nSPS) is 16.8. The number of hydrogen-bond acceptors (Lipinski definition) is 4. The first kappa shape index (κ1) is 14.7. The van der Waals surface area contributed by atoms with Gasteiger partial charge in [0, 0.05) is 0 Å². The van der Waals surface area contributed by atoms with Gasteiger partial charge in [0.05, 0.1) is 30.0 Å². The van der Waals surface area contributed by atoms with Crippen molar-refractivity contribution < 1.29 is 14.3 Å². The van der Waals surface area contributed by atoms with E-state index in [9.17, 15) is 9.59 Å². The highest BCUT2D eigenvalue weighted by molar-refractivity contribution is 8.04. The Morgan fingerprint density at radius 2 is 2.20 bits per heavy atom. The van der Waals surface area contributed by atoms with Crippen molar-refractivity contribution in [1.82, 2.24) is 4.90 Å². The van der Waals surface area contributed by atoms with Crippen LogP contribution in [0.3, 0.4) is 0 Å². The highest BCUT2D eigenvalue weighted by atomic mass is 32.2. The fraction of sp³-hybridized carbons (Fsp3) is 0.333. The van der Waals surface area contributed by atoms with E-state index in [0.29, 0.717) is 23.9 Å². The summed E-state index contributed by atoms with van der Waals surface area (Å²) in [6.45, 7) is 4.59. The Labute approximate surface area is 122 Å². The first-order chi connectivity index (χ1) is 9.61. The summed E-state index contributed by atoms with van der Waals surface area (Å²) >= 11 is 1.37. The summed E-state index contributed by atoms with van der Waals surface area (Å²) in [6.07, 6.45) is 1.40. The molecule has 1 aromatic rings. The van der Waals surface area contributed by atoms with E-state index in [1.807, 2.05) is 31.2 Å². The van der Waals surface area contributed by atoms with Crippen molar-refractivity contribution in [3.05, 3.63) is 46.5 Å². The lowest BCUT2D eigenvalue weighted by atomic mass is 10.1. The molecule has 2 rings (SSSR count). The number of nitrogens with zero attached hydrogens (tertiary/aromatic N) is 1. The van der Waals surface area contributed by atoms with E-state index in [1.54, 1.807) is 11.8 Å². The zero-order valence-corrected chi connectivity index (χ0v) is 12.4. The number of aryl methyl sites for hydroxylation is 1. The van der Waals surface area contributed by atoms with Gasteiger partial charge < -0.3 is 9.64 Å². The Bertz CT molecular complexity index is 554. The topological polar surface area (TPSA) is 46.6 Å². The fourth-order valence-electron chi connectivity index (χ4n) is 1.94. The Hall–Kier alpha value is -1.75. The summed E-state index contributed by atoms with van der Waals surface area (Å²) in [5.41, 5.74) is 2.21. The monoisotopic (exact) mass is 291 g/mol. The minimum absolute atomic E-state index is 0.0220. The number of carbonyl (C=O) groups excluding carboxylic acids is 2. The lowest BCUT2D eigenvalue weighted by molar-refractivity contribution is -0.137. The van der Waals surface area contributed by atoms with Gasteiger partial charge in [0.25, 0.3) is 0 Å². The summed E-state index contributed by atoms with van der Waals surface area (Å²) in [5.74, 6) is -0.00908. The molecule has 0 saturated carbocycles. The third-order valence-corrected chi connectivity index (χ3v) is 4.05. The fourth-order valence-corrected chi connectivity index (χ4v) is 2.87. The average molecular weight is 291 g/mol. The van der Waals surface area contributed by atoms with Gasteiger partial charge >= 0.3 is 5.97 Å². The van der Waals surface area contributed by atoms with Gasteiger partial charge in [-0.25, -0.2) is 4.79 Å². The molecule has 20 heavy (non-hydrogen) atoms. The third-order valence-electron chi connectivity index (χ3n) is 3.03. The van der Waals surface area contributed by atoms with Crippen LogP contribution in [0.15, 0.2) is 35.4 Å². The molecule has 0 N–H and O–H groups in total. The third kappa shape index (κ3) is 3.42. The molecule has 106 valence electrons. The molecule has 0 bridgehead atoms. The number of benzene rings is 1. The van der Waals surface area contributed by atoms with E-state index >= 15 is 0 Å². The van der Waals surface area contributed by atoms with Gasteiger partial charge in [-0.15, -0.1) is 0 Å². The first-order valence-electron chi connectivity index (χ1n) is 6.48. The van der Waals surface area contributed by atoms with Gasteiger partial charge in [-0.3, -0.25) is 4.79 Å². The predicted octanol–water partition coefficient (Wildman–Crippen LogP) is 2.47. The standard InChI is InChI=1S/C15H17NO3S/c1-3-19-15(18)8-14-16(13(17)10-20-14)9-12-7-5-4-6-11(12)2/h4-8H,3,9-10H2,1-2H3. The van der Waals surface area contributed by atoms with Crippen molar-refractivity contribution in [3.8, 4) is 0 Å². The van der Waals surface area contributed by atoms with Crippen LogP contribution in [0.2, 0.25) is 0 Å². The number of esters is 1. The van der Waals surface area contributed by atoms with E-state index in [1.165, 1.54) is 17.8 Å². The van der Waals surface area contributed by atoms with Crippen LogP contribution in [0, 0.1) is 6.92 Å². The Kier molecular flexibility index (Phi) is 4.84. The lowest BCUT2D eigenvalue weighted by Crippen LogP contribution is -2.24. The molecule has 1 aromatic carbocycles. The SMILES string of the molecule is CCOC(=O)C=C1SCC(=O)N1Cc1ccccc1C. The Balaban J connectivity index is 2.17. The molecule has 0 atom stereocenters. The number of ether oxygens (including phenoxy) is 1. The van der Waals surface area contributed by atoms with Crippen molar-refractivity contribution in [2.75, 3.05) is 12.4 Å². The van der Waals surface area contributed by atoms with Crippen molar-refractivity contribution in [2.24, 2.45) is 0 Å². The molecular weight excluding hydrogens is 274 g/mol. The van der Waals surface area contributed by atoms with Crippen LogP contribution < -0.4 is 0 Å². The van der Waals surface area contributed by atoms with Crippen LogP contribution in [0.25, 0.3) is 0 Å². The van der Waals surface area contributed by atoms with Gasteiger partial charge in [-0.1, -0.05) is 36.0 Å². The maximum atomic E-state index is 12.0. The number of carbonyl (C=O) groups is 2. The maximum Gasteiger partial charge on any atom is 0.333 e. The van der Waals surface area contributed by atoms with Crippen molar-refractivity contribution >= 4 is 23.6 Å². The Morgan fingerprint density at radius 3 is 2.90 bits per heavy atom. The molecule has 1 amide bonds. The van der Waals surface area contributed by atoms with E-state index in [0.717, 1.165) is 11.1 Å². The molecule has 0 aromatic heterocycles. The van der Waals surface area contributed by atoms with Gasteiger partial charge in [-0.05, 0) is 25.0 Å². The second kappa shape index (κ2) is 6.61. The largest absolute Gasteiger partial charge is 0.463 e. The van der Waals surface area contributed by atoms with Crippen LogP contribution in [0.4, 0.5) is 0 Å². The highest BCUT2D eigenvalue weighted by Gasteiger charge is 2.27. The maximum absolute atomic E-state index is 12.0. The minimum Gasteiger partial charge on any atom is -0.463 e. The highest BCUT2D eigenvalue weighted by Crippen LogP contribution is 2.30. The average Bonchev–Trinajstić information content (AvgIpc) is 2.74. The summed E-state index contributed by atoms with van der Waals surface area (Å²) < 4.78 is 4.89. The van der Waals surface area contributed by atoms with E-state index in [2.05, 4.69) is 0 Å². The second-order valence-electron chi connectivity index (χ2n) is 4.43. The van der Waals surface area contributed by atoms with Crippen molar-refractivity contribution in [2.45, 2.75) is 20.4 Å². The van der Waals surface area contributed by atoms with Gasteiger partial charge in [0.1, 0.15) is 0 Å². The first-order valence-corrected chi connectivity index (χ1v) is 7.46. The summed E-state index contributed by atoms with van der Waals surface area (Å²) in [6, 6.07) is 7.92. The van der Waals surface area contributed by atoms with Crippen molar-refractivity contribution in [3.63, 3.8) is 0 Å². The quantitative estimate of drug-likeness (QED) is 0.631. The Morgan fingerprint density at radius 1 is 1.45 bits per heavy atom. The molecule has 1 heterocycles. The van der Waals surface area contributed by atoms with E-state index in [4.69, 9.17) is 4.74 Å². The van der Waals surface area contributed by atoms with E-state index in [-0.39, 0.29) is 5.91 Å². The zero-order valence-electron chi connectivity index (χ0n) is 11.6. The molecule has 1 aliphatic rings. The zero-order chi connectivity index (χ0) is 14.5.